The van der Waals surface area contributed by atoms with Gasteiger partial charge in [-0.1, -0.05) is 0 Å². The molecule has 0 spiro atoms. The molecule has 1 saturated carbocycles. The van der Waals surface area contributed by atoms with Crippen molar-refractivity contribution in [2.45, 2.75) is 25.7 Å². The zero-order valence-corrected chi connectivity index (χ0v) is 10.6. The molecule has 0 atom stereocenters. The second-order valence-electron chi connectivity index (χ2n) is 4.77. The maximum Gasteiger partial charge on any atom is 0.134 e. The van der Waals surface area contributed by atoms with Crippen molar-refractivity contribution in [2.24, 2.45) is 0 Å². The van der Waals surface area contributed by atoms with Gasteiger partial charge in [0, 0.05) is 37.0 Å². The first-order valence-corrected chi connectivity index (χ1v) is 6.25. The average molecular weight is 240 g/mol. The van der Waals surface area contributed by atoms with E-state index in [2.05, 4.69) is 26.3 Å². The molecule has 0 saturated heterocycles. The number of rotatable bonds is 3. The minimum atomic E-state index is 0.551. The molecule has 1 N–H and O–H groups in total. The smallest absolute Gasteiger partial charge is 0.134 e. The van der Waals surface area contributed by atoms with Crippen molar-refractivity contribution in [1.82, 2.24) is 15.0 Å². The van der Waals surface area contributed by atoms with Gasteiger partial charge in [-0.2, -0.15) is 0 Å². The van der Waals surface area contributed by atoms with Gasteiger partial charge in [-0.15, -0.1) is 0 Å². The van der Waals surface area contributed by atoms with Gasteiger partial charge in [0.15, 0.2) is 0 Å². The average Bonchev–Trinajstić information content (AvgIpc) is 3.22. The highest BCUT2D eigenvalue weighted by Crippen LogP contribution is 2.39. The highest BCUT2D eigenvalue weighted by atomic mass is 15.0. The molecule has 0 radical (unpaired) electrons. The molecule has 0 bridgehead atoms. The Labute approximate surface area is 107 Å². The van der Waals surface area contributed by atoms with Crippen molar-refractivity contribution in [2.75, 3.05) is 12.4 Å². The Kier molecular flexibility index (Phi) is 2.70. The van der Waals surface area contributed by atoms with Crippen LogP contribution >= 0.6 is 0 Å². The van der Waals surface area contributed by atoms with Gasteiger partial charge in [0.25, 0.3) is 0 Å². The van der Waals surface area contributed by atoms with Gasteiger partial charge in [-0.3, -0.25) is 4.98 Å². The molecular formula is C14H16N4. The van der Waals surface area contributed by atoms with Crippen LogP contribution in [0.4, 0.5) is 5.82 Å². The van der Waals surface area contributed by atoms with Gasteiger partial charge in [-0.25, -0.2) is 9.97 Å². The third kappa shape index (κ3) is 2.18. The summed E-state index contributed by atoms with van der Waals surface area (Å²) in [6, 6.07) is 4.08. The largest absolute Gasteiger partial charge is 0.373 e. The standard InChI is InChI=1S/C14H16N4/c1-9-5-11(8-16-7-9)12-6-13(15-2)18-14(17-12)10-3-4-10/h5-8,10H,3-4H2,1-2H3,(H,15,17,18). The van der Waals surface area contributed by atoms with Crippen molar-refractivity contribution >= 4 is 5.82 Å². The normalized spacial score (nSPS) is 14.6. The first kappa shape index (κ1) is 11.1. The van der Waals surface area contributed by atoms with Crippen molar-refractivity contribution in [1.29, 1.82) is 0 Å². The summed E-state index contributed by atoms with van der Waals surface area (Å²) >= 11 is 0. The lowest BCUT2D eigenvalue weighted by atomic mass is 10.1. The molecule has 4 heteroatoms. The lowest BCUT2D eigenvalue weighted by Gasteiger charge is -2.07. The van der Waals surface area contributed by atoms with Crippen LogP contribution in [0.15, 0.2) is 24.5 Å². The molecule has 2 aromatic heterocycles. The molecule has 0 unspecified atom stereocenters. The van der Waals surface area contributed by atoms with E-state index in [4.69, 9.17) is 0 Å². The zero-order valence-electron chi connectivity index (χ0n) is 10.6. The molecule has 4 nitrogen and oxygen atoms in total. The Hall–Kier alpha value is -1.97. The molecule has 92 valence electrons. The Morgan fingerprint density at radius 1 is 1.17 bits per heavy atom. The molecule has 1 fully saturated rings. The van der Waals surface area contributed by atoms with E-state index in [1.54, 1.807) is 0 Å². The van der Waals surface area contributed by atoms with Crippen molar-refractivity contribution in [3.05, 3.63) is 35.9 Å². The SMILES string of the molecule is CNc1cc(-c2cncc(C)c2)nc(C2CC2)n1. The van der Waals surface area contributed by atoms with Gasteiger partial charge >= 0.3 is 0 Å². The number of anilines is 1. The van der Waals surface area contributed by atoms with E-state index >= 15 is 0 Å². The fourth-order valence-corrected chi connectivity index (χ4v) is 1.96. The van der Waals surface area contributed by atoms with Crippen LogP contribution in [-0.2, 0) is 0 Å². The van der Waals surface area contributed by atoms with E-state index in [-0.39, 0.29) is 0 Å². The summed E-state index contributed by atoms with van der Waals surface area (Å²) < 4.78 is 0. The molecule has 2 aromatic rings. The maximum absolute atomic E-state index is 4.66. The van der Waals surface area contributed by atoms with Crippen molar-refractivity contribution < 1.29 is 0 Å². The Morgan fingerprint density at radius 2 is 2.00 bits per heavy atom. The number of pyridine rings is 1. The topological polar surface area (TPSA) is 50.7 Å². The second kappa shape index (κ2) is 4.37. The maximum atomic E-state index is 4.66. The highest BCUT2D eigenvalue weighted by Gasteiger charge is 2.27. The first-order valence-electron chi connectivity index (χ1n) is 6.25. The monoisotopic (exact) mass is 240 g/mol. The van der Waals surface area contributed by atoms with E-state index in [0.29, 0.717) is 5.92 Å². The molecule has 3 rings (SSSR count). The predicted octanol–water partition coefficient (Wildman–Crippen LogP) is 2.77. The lowest BCUT2D eigenvalue weighted by molar-refractivity contribution is 0.932. The number of hydrogen-bond donors (Lipinski definition) is 1. The summed E-state index contributed by atoms with van der Waals surface area (Å²) in [5.41, 5.74) is 3.15. The predicted molar refractivity (Wildman–Crippen MR) is 71.5 cm³/mol. The van der Waals surface area contributed by atoms with Gasteiger partial charge in [0.1, 0.15) is 11.6 Å². The Bertz CT molecular complexity index is 576. The molecule has 0 aromatic carbocycles. The highest BCUT2D eigenvalue weighted by molar-refractivity contribution is 5.62. The summed E-state index contributed by atoms with van der Waals surface area (Å²) in [5, 5.41) is 3.10. The van der Waals surface area contributed by atoms with Crippen molar-refractivity contribution in [3.8, 4) is 11.3 Å². The van der Waals surface area contributed by atoms with Gasteiger partial charge in [-0.05, 0) is 31.4 Å². The summed E-state index contributed by atoms with van der Waals surface area (Å²) in [5.74, 6) is 2.39. The molecular weight excluding hydrogens is 224 g/mol. The Morgan fingerprint density at radius 3 is 2.67 bits per heavy atom. The van der Waals surface area contributed by atoms with E-state index in [9.17, 15) is 0 Å². The van der Waals surface area contributed by atoms with E-state index in [1.807, 2.05) is 32.4 Å². The van der Waals surface area contributed by atoms with E-state index < -0.39 is 0 Å². The van der Waals surface area contributed by atoms with Crippen LogP contribution in [0.3, 0.4) is 0 Å². The van der Waals surface area contributed by atoms with Crippen LogP contribution in [0, 0.1) is 6.92 Å². The van der Waals surface area contributed by atoms with Crippen LogP contribution < -0.4 is 5.32 Å². The minimum Gasteiger partial charge on any atom is -0.373 e. The van der Waals surface area contributed by atoms with Gasteiger partial charge < -0.3 is 5.32 Å². The van der Waals surface area contributed by atoms with Crippen LogP contribution in [0.5, 0.6) is 0 Å². The fourth-order valence-electron chi connectivity index (χ4n) is 1.96. The van der Waals surface area contributed by atoms with E-state index in [1.165, 1.54) is 12.8 Å². The molecule has 1 aliphatic rings. The summed E-state index contributed by atoms with van der Waals surface area (Å²) in [4.78, 5) is 13.4. The van der Waals surface area contributed by atoms with Crippen LogP contribution in [0.25, 0.3) is 11.3 Å². The van der Waals surface area contributed by atoms with Gasteiger partial charge in [0.05, 0.1) is 5.69 Å². The molecule has 0 amide bonds. The number of hydrogen-bond acceptors (Lipinski definition) is 4. The van der Waals surface area contributed by atoms with Gasteiger partial charge in [0.2, 0.25) is 0 Å². The number of aryl methyl sites for hydroxylation is 1. The number of nitrogens with zero attached hydrogens (tertiary/aromatic N) is 3. The van der Waals surface area contributed by atoms with Crippen LogP contribution in [0.2, 0.25) is 0 Å². The number of nitrogens with one attached hydrogen (secondary N) is 1. The summed E-state index contributed by atoms with van der Waals surface area (Å²) in [6.45, 7) is 2.04. The zero-order chi connectivity index (χ0) is 12.5. The van der Waals surface area contributed by atoms with Crippen molar-refractivity contribution in [3.63, 3.8) is 0 Å². The summed E-state index contributed by atoms with van der Waals surface area (Å²) in [7, 11) is 1.89. The third-order valence-electron chi connectivity index (χ3n) is 3.11. The first-order chi connectivity index (χ1) is 8.76. The summed E-state index contributed by atoms with van der Waals surface area (Å²) in [6.07, 6.45) is 6.12. The van der Waals surface area contributed by atoms with Crippen LogP contribution in [-0.4, -0.2) is 22.0 Å². The molecule has 18 heavy (non-hydrogen) atoms. The molecule has 0 aliphatic heterocycles. The fraction of sp³-hybridized carbons (Fsp3) is 0.357. The second-order valence-corrected chi connectivity index (χ2v) is 4.77. The van der Waals surface area contributed by atoms with Crippen LogP contribution in [0.1, 0.15) is 30.1 Å². The minimum absolute atomic E-state index is 0.551. The Balaban J connectivity index is 2.07. The number of aromatic nitrogens is 3. The van der Waals surface area contributed by atoms with E-state index in [0.717, 1.165) is 28.5 Å². The quantitative estimate of drug-likeness (QED) is 0.896. The third-order valence-corrected chi connectivity index (χ3v) is 3.11. The lowest BCUT2D eigenvalue weighted by Crippen LogP contribution is -2.00. The molecule has 2 heterocycles. The molecule has 1 aliphatic carbocycles.